The first-order valence-corrected chi connectivity index (χ1v) is 6.88. The van der Waals surface area contributed by atoms with Crippen molar-refractivity contribution in [2.24, 2.45) is 0 Å². The number of carbonyl (C=O) groups is 1. The Hall–Kier alpha value is -1.07. The zero-order valence-corrected chi connectivity index (χ0v) is 11.5. The Kier molecular flexibility index (Phi) is 3.26. The number of carbonyl (C=O) groups excluding carboxylic acids is 1. The summed E-state index contributed by atoms with van der Waals surface area (Å²) in [6.45, 7) is 2.21. The molecule has 96 valence electrons. The van der Waals surface area contributed by atoms with E-state index in [1.165, 1.54) is 0 Å². The summed E-state index contributed by atoms with van der Waals surface area (Å²) >= 11 is 3.44. The van der Waals surface area contributed by atoms with Crippen LogP contribution in [0.4, 0.5) is 0 Å². The highest BCUT2D eigenvalue weighted by atomic mass is 79.9. The van der Waals surface area contributed by atoms with Crippen molar-refractivity contribution in [2.75, 3.05) is 19.9 Å². The van der Waals surface area contributed by atoms with Crippen molar-refractivity contribution in [1.29, 1.82) is 0 Å². The molecule has 1 saturated heterocycles. The number of benzene rings is 1. The number of rotatable bonds is 2. The van der Waals surface area contributed by atoms with Gasteiger partial charge in [-0.2, -0.15) is 0 Å². The Morgan fingerprint density at radius 2 is 2.22 bits per heavy atom. The summed E-state index contributed by atoms with van der Waals surface area (Å²) in [5.74, 6) is 1.75. The van der Waals surface area contributed by atoms with Gasteiger partial charge in [0.05, 0.1) is 5.56 Å². The standard InChI is InChI=1S/C13H14BrNO3/c14-11-4-9(8-2-1-3-15-5-8)12-13(10(11)6-16)18-7-17-12/h4,6,8,15H,1-3,5,7H2. The zero-order chi connectivity index (χ0) is 12.5. The Morgan fingerprint density at radius 1 is 1.39 bits per heavy atom. The van der Waals surface area contributed by atoms with E-state index in [4.69, 9.17) is 9.47 Å². The Labute approximate surface area is 114 Å². The first-order chi connectivity index (χ1) is 8.81. The minimum atomic E-state index is 0.194. The van der Waals surface area contributed by atoms with Crippen LogP contribution in [-0.2, 0) is 0 Å². The maximum absolute atomic E-state index is 11.1. The lowest BCUT2D eigenvalue weighted by Gasteiger charge is -2.24. The van der Waals surface area contributed by atoms with E-state index in [0.29, 0.717) is 17.2 Å². The highest BCUT2D eigenvalue weighted by Crippen LogP contribution is 2.45. The molecule has 5 heteroatoms. The van der Waals surface area contributed by atoms with Gasteiger partial charge in [-0.25, -0.2) is 0 Å². The summed E-state index contributed by atoms with van der Waals surface area (Å²) in [5.41, 5.74) is 1.67. The fourth-order valence-corrected chi connectivity index (χ4v) is 3.13. The number of nitrogens with one attached hydrogen (secondary N) is 1. The molecule has 0 aliphatic carbocycles. The maximum Gasteiger partial charge on any atom is 0.231 e. The minimum absolute atomic E-state index is 0.194. The van der Waals surface area contributed by atoms with Gasteiger partial charge in [0.1, 0.15) is 0 Å². The van der Waals surface area contributed by atoms with E-state index in [-0.39, 0.29) is 6.79 Å². The van der Waals surface area contributed by atoms with E-state index in [9.17, 15) is 4.79 Å². The smallest absolute Gasteiger partial charge is 0.231 e. The summed E-state index contributed by atoms with van der Waals surface area (Å²) in [6.07, 6.45) is 3.10. The van der Waals surface area contributed by atoms with E-state index in [1.807, 2.05) is 6.07 Å². The van der Waals surface area contributed by atoms with Gasteiger partial charge >= 0.3 is 0 Å². The molecule has 0 bridgehead atoms. The Bertz CT molecular complexity index is 484. The molecule has 1 aromatic carbocycles. The van der Waals surface area contributed by atoms with E-state index in [0.717, 1.165) is 48.0 Å². The normalized spacial score (nSPS) is 21.9. The van der Waals surface area contributed by atoms with Crippen molar-refractivity contribution in [2.45, 2.75) is 18.8 Å². The monoisotopic (exact) mass is 311 g/mol. The van der Waals surface area contributed by atoms with E-state index < -0.39 is 0 Å². The van der Waals surface area contributed by atoms with Gasteiger partial charge in [-0.05, 0) is 41.4 Å². The number of hydrogen-bond donors (Lipinski definition) is 1. The number of hydrogen-bond acceptors (Lipinski definition) is 4. The highest BCUT2D eigenvalue weighted by Gasteiger charge is 2.28. The van der Waals surface area contributed by atoms with Gasteiger partial charge in [-0.3, -0.25) is 4.79 Å². The highest BCUT2D eigenvalue weighted by molar-refractivity contribution is 9.10. The van der Waals surface area contributed by atoms with Crippen molar-refractivity contribution in [3.63, 3.8) is 0 Å². The van der Waals surface area contributed by atoms with Crippen LogP contribution in [0.25, 0.3) is 0 Å². The molecule has 18 heavy (non-hydrogen) atoms. The van der Waals surface area contributed by atoms with Gasteiger partial charge < -0.3 is 14.8 Å². The van der Waals surface area contributed by atoms with Crippen molar-refractivity contribution in [1.82, 2.24) is 5.32 Å². The van der Waals surface area contributed by atoms with Crippen LogP contribution >= 0.6 is 15.9 Å². The molecular weight excluding hydrogens is 298 g/mol. The van der Waals surface area contributed by atoms with Crippen molar-refractivity contribution < 1.29 is 14.3 Å². The van der Waals surface area contributed by atoms with Crippen LogP contribution in [0.15, 0.2) is 10.5 Å². The molecule has 1 atom stereocenters. The predicted molar refractivity (Wildman–Crippen MR) is 70.5 cm³/mol. The number of ether oxygens (including phenoxy) is 2. The average molecular weight is 312 g/mol. The summed E-state index contributed by atoms with van der Waals surface area (Å²) in [6, 6.07) is 1.99. The zero-order valence-electron chi connectivity index (χ0n) is 9.87. The first kappa shape index (κ1) is 12.0. The van der Waals surface area contributed by atoms with Crippen LogP contribution in [0.5, 0.6) is 11.5 Å². The molecule has 1 unspecified atom stereocenters. The molecule has 0 aromatic heterocycles. The predicted octanol–water partition coefficient (Wildman–Crippen LogP) is 2.46. The number of piperidine rings is 1. The van der Waals surface area contributed by atoms with Crippen LogP contribution < -0.4 is 14.8 Å². The van der Waals surface area contributed by atoms with E-state index >= 15 is 0 Å². The third-order valence-corrected chi connectivity index (χ3v) is 4.17. The van der Waals surface area contributed by atoms with Crippen LogP contribution in [0.3, 0.4) is 0 Å². The average Bonchev–Trinajstić information content (AvgIpc) is 2.88. The van der Waals surface area contributed by atoms with Gasteiger partial charge in [0.2, 0.25) is 6.79 Å². The van der Waals surface area contributed by atoms with Gasteiger partial charge in [-0.15, -0.1) is 0 Å². The molecule has 0 saturated carbocycles. The largest absolute Gasteiger partial charge is 0.453 e. The molecule has 0 spiro atoms. The molecule has 2 aliphatic rings. The van der Waals surface area contributed by atoms with Crippen LogP contribution in [0.2, 0.25) is 0 Å². The Morgan fingerprint density at radius 3 is 2.94 bits per heavy atom. The van der Waals surface area contributed by atoms with Crippen LogP contribution in [0.1, 0.15) is 34.7 Å². The number of halogens is 1. The third kappa shape index (κ3) is 1.91. The summed E-state index contributed by atoms with van der Waals surface area (Å²) in [4.78, 5) is 11.1. The van der Waals surface area contributed by atoms with Gasteiger partial charge in [-0.1, -0.05) is 0 Å². The number of aldehydes is 1. The topological polar surface area (TPSA) is 47.6 Å². The maximum atomic E-state index is 11.1. The second kappa shape index (κ2) is 4.90. The van der Waals surface area contributed by atoms with Crippen LogP contribution in [-0.4, -0.2) is 26.2 Å². The molecule has 1 N–H and O–H groups in total. The molecule has 1 aromatic rings. The molecule has 0 radical (unpaired) electrons. The minimum Gasteiger partial charge on any atom is -0.453 e. The lowest BCUT2D eigenvalue weighted by molar-refractivity contribution is 0.111. The molecular formula is C13H14BrNO3. The summed E-state index contributed by atoms with van der Waals surface area (Å²) in [7, 11) is 0. The molecule has 3 rings (SSSR count). The summed E-state index contributed by atoms with van der Waals surface area (Å²) < 4.78 is 11.8. The van der Waals surface area contributed by atoms with Crippen molar-refractivity contribution in [3.05, 3.63) is 21.7 Å². The van der Waals surface area contributed by atoms with E-state index in [2.05, 4.69) is 21.2 Å². The Balaban J connectivity index is 2.07. The molecule has 2 aliphatic heterocycles. The van der Waals surface area contributed by atoms with Crippen molar-refractivity contribution >= 4 is 22.2 Å². The lowest BCUT2D eigenvalue weighted by atomic mass is 9.90. The van der Waals surface area contributed by atoms with E-state index in [1.54, 1.807) is 0 Å². The molecule has 0 amide bonds. The lowest BCUT2D eigenvalue weighted by Crippen LogP contribution is -2.28. The molecule has 2 heterocycles. The number of fused-ring (bicyclic) bond motifs is 1. The molecule has 4 nitrogen and oxygen atoms in total. The SMILES string of the molecule is O=Cc1c(Br)cc(C2CCCNC2)c2c1OCO2. The summed E-state index contributed by atoms with van der Waals surface area (Å²) in [5, 5.41) is 3.39. The third-order valence-electron chi connectivity index (χ3n) is 3.51. The van der Waals surface area contributed by atoms with Gasteiger partial charge in [0.25, 0.3) is 0 Å². The molecule has 1 fully saturated rings. The fraction of sp³-hybridized carbons (Fsp3) is 0.462. The quantitative estimate of drug-likeness (QED) is 0.852. The van der Waals surface area contributed by atoms with Gasteiger partial charge in [0.15, 0.2) is 17.8 Å². The second-order valence-electron chi connectivity index (χ2n) is 4.59. The second-order valence-corrected chi connectivity index (χ2v) is 5.44. The fourth-order valence-electron chi connectivity index (χ4n) is 2.61. The first-order valence-electron chi connectivity index (χ1n) is 6.09. The van der Waals surface area contributed by atoms with Crippen LogP contribution in [0, 0.1) is 0 Å². The van der Waals surface area contributed by atoms with Gasteiger partial charge in [0, 0.05) is 22.5 Å². The van der Waals surface area contributed by atoms with Crippen molar-refractivity contribution in [3.8, 4) is 11.5 Å².